The van der Waals surface area contributed by atoms with Crippen molar-refractivity contribution in [2.75, 3.05) is 5.32 Å². The molecule has 28 heavy (non-hydrogen) atoms. The zero-order valence-corrected chi connectivity index (χ0v) is 15.2. The maximum Gasteiger partial charge on any atom is 0.295 e. The average Bonchev–Trinajstić information content (AvgIpc) is 3.19. The molecule has 0 unspecified atom stereocenters. The molecule has 4 rings (SSSR count). The van der Waals surface area contributed by atoms with Crippen LogP contribution in [0.15, 0.2) is 53.3 Å². The van der Waals surface area contributed by atoms with Crippen LogP contribution in [-0.2, 0) is 13.7 Å². The summed E-state index contributed by atoms with van der Waals surface area (Å²) in [7, 11) is 1.82. The van der Waals surface area contributed by atoms with Gasteiger partial charge in [0, 0.05) is 19.2 Å². The molecule has 0 amide bonds. The third-order valence-corrected chi connectivity index (χ3v) is 4.67. The lowest BCUT2D eigenvalue weighted by molar-refractivity contribution is -0.384. The minimum absolute atomic E-state index is 0.0443. The number of benzene rings is 2. The standard InChI is InChI=1S/C18H17N7O3/c1-12-17(18(26)24(22(12)2)13-6-4-3-5-7-13)19-11-23-16-9-8-14(25(27)28)10-15(16)20-21-23/h3-10,19H,11H2,1-2H3. The van der Waals surface area contributed by atoms with Gasteiger partial charge in [-0.1, -0.05) is 23.4 Å². The minimum atomic E-state index is -0.476. The fraction of sp³-hybridized carbons (Fsp3) is 0.167. The van der Waals surface area contributed by atoms with Gasteiger partial charge in [0.2, 0.25) is 0 Å². The van der Waals surface area contributed by atoms with Gasteiger partial charge < -0.3 is 5.32 Å². The monoisotopic (exact) mass is 379 g/mol. The van der Waals surface area contributed by atoms with Crippen molar-refractivity contribution >= 4 is 22.4 Å². The van der Waals surface area contributed by atoms with E-state index in [1.807, 2.05) is 44.3 Å². The number of para-hydroxylation sites is 1. The molecule has 0 saturated heterocycles. The smallest absolute Gasteiger partial charge is 0.295 e. The first-order valence-electron chi connectivity index (χ1n) is 8.53. The van der Waals surface area contributed by atoms with Gasteiger partial charge >= 0.3 is 0 Å². The lowest BCUT2D eigenvalue weighted by atomic mass is 10.3. The number of nitrogens with one attached hydrogen (secondary N) is 1. The van der Waals surface area contributed by atoms with Crippen molar-refractivity contribution < 1.29 is 4.92 Å². The van der Waals surface area contributed by atoms with Gasteiger partial charge in [0.05, 0.1) is 21.8 Å². The normalized spacial score (nSPS) is 11.1. The highest BCUT2D eigenvalue weighted by Gasteiger charge is 2.17. The number of nitrogens with zero attached hydrogens (tertiary/aromatic N) is 6. The van der Waals surface area contributed by atoms with Crippen molar-refractivity contribution in [3.05, 3.63) is 74.7 Å². The van der Waals surface area contributed by atoms with Gasteiger partial charge in [0.15, 0.2) is 0 Å². The zero-order chi connectivity index (χ0) is 19.8. The Labute approximate surface area is 158 Å². The van der Waals surface area contributed by atoms with Crippen molar-refractivity contribution in [1.29, 1.82) is 0 Å². The van der Waals surface area contributed by atoms with Crippen LogP contribution in [0.4, 0.5) is 11.4 Å². The van der Waals surface area contributed by atoms with Gasteiger partial charge in [-0.15, -0.1) is 5.10 Å². The van der Waals surface area contributed by atoms with Crippen LogP contribution in [0, 0.1) is 17.0 Å². The van der Waals surface area contributed by atoms with E-state index in [0.29, 0.717) is 16.7 Å². The van der Waals surface area contributed by atoms with E-state index in [0.717, 1.165) is 11.4 Å². The van der Waals surface area contributed by atoms with E-state index in [1.54, 1.807) is 20.1 Å². The predicted molar refractivity (Wildman–Crippen MR) is 104 cm³/mol. The summed E-state index contributed by atoms with van der Waals surface area (Å²) in [5, 5.41) is 22.0. The van der Waals surface area contributed by atoms with E-state index >= 15 is 0 Å². The molecule has 0 spiro atoms. The number of anilines is 1. The highest BCUT2D eigenvalue weighted by atomic mass is 16.6. The molecule has 0 saturated carbocycles. The molecule has 10 heteroatoms. The second kappa shape index (κ2) is 6.65. The Morgan fingerprint density at radius 3 is 2.64 bits per heavy atom. The Hall–Kier alpha value is -3.95. The summed E-state index contributed by atoms with van der Waals surface area (Å²) >= 11 is 0. The van der Waals surface area contributed by atoms with E-state index in [1.165, 1.54) is 12.1 Å². The van der Waals surface area contributed by atoms with Crippen molar-refractivity contribution in [3.8, 4) is 5.69 Å². The summed E-state index contributed by atoms with van der Waals surface area (Å²) in [5.41, 5.74) is 2.83. The fourth-order valence-corrected chi connectivity index (χ4v) is 3.12. The third-order valence-electron chi connectivity index (χ3n) is 4.67. The summed E-state index contributed by atoms with van der Waals surface area (Å²) in [6.07, 6.45) is 0. The number of rotatable bonds is 5. The summed E-state index contributed by atoms with van der Waals surface area (Å²) in [6.45, 7) is 2.05. The molecule has 0 aliphatic rings. The Kier molecular flexibility index (Phi) is 4.15. The van der Waals surface area contributed by atoms with Crippen LogP contribution in [-0.4, -0.2) is 29.3 Å². The van der Waals surface area contributed by atoms with Crippen LogP contribution in [0.1, 0.15) is 5.69 Å². The van der Waals surface area contributed by atoms with Crippen molar-refractivity contribution in [2.24, 2.45) is 7.05 Å². The molecule has 4 aromatic rings. The second-order valence-corrected chi connectivity index (χ2v) is 6.29. The summed E-state index contributed by atoms with van der Waals surface area (Å²) in [4.78, 5) is 23.3. The number of hydrogen-bond acceptors (Lipinski definition) is 6. The molecule has 10 nitrogen and oxygen atoms in total. The van der Waals surface area contributed by atoms with Gasteiger partial charge in [-0.25, -0.2) is 9.36 Å². The van der Waals surface area contributed by atoms with Crippen LogP contribution in [0.2, 0.25) is 0 Å². The highest BCUT2D eigenvalue weighted by molar-refractivity contribution is 5.77. The zero-order valence-electron chi connectivity index (χ0n) is 15.2. The fourth-order valence-electron chi connectivity index (χ4n) is 3.12. The molecule has 0 atom stereocenters. The molecular formula is C18H17N7O3. The van der Waals surface area contributed by atoms with Crippen molar-refractivity contribution in [3.63, 3.8) is 0 Å². The van der Waals surface area contributed by atoms with E-state index in [9.17, 15) is 14.9 Å². The number of nitro benzene ring substituents is 1. The number of fused-ring (bicyclic) bond motifs is 1. The minimum Gasteiger partial charge on any atom is -0.360 e. The summed E-state index contributed by atoms with van der Waals surface area (Å²) in [5.74, 6) is 0. The Bertz CT molecular complexity index is 1240. The quantitative estimate of drug-likeness (QED) is 0.420. The van der Waals surface area contributed by atoms with E-state index in [-0.39, 0.29) is 17.9 Å². The van der Waals surface area contributed by atoms with Crippen LogP contribution >= 0.6 is 0 Å². The van der Waals surface area contributed by atoms with Crippen molar-refractivity contribution in [2.45, 2.75) is 13.6 Å². The molecule has 2 aromatic carbocycles. The molecule has 0 aliphatic carbocycles. The van der Waals surface area contributed by atoms with E-state index in [2.05, 4.69) is 15.6 Å². The molecule has 142 valence electrons. The van der Waals surface area contributed by atoms with Crippen LogP contribution in [0.3, 0.4) is 0 Å². The third kappa shape index (κ3) is 2.80. The first-order chi connectivity index (χ1) is 13.5. The molecule has 0 fully saturated rings. The number of nitro groups is 1. The average molecular weight is 379 g/mol. The Morgan fingerprint density at radius 1 is 1.18 bits per heavy atom. The maximum absolute atomic E-state index is 12.9. The second-order valence-electron chi connectivity index (χ2n) is 6.29. The molecule has 1 N–H and O–H groups in total. The molecular weight excluding hydrogens is 362 g/mol. The lowest BCUT2D eigenvalue weighted by Crippen LogP contribution is -2.21. The highest BCUT2D eigenvalue weighted by Crippen LogP contribution is 2.19. The first-order valence-corrected chi connectivity index (χ1v) is 8.53. The van der Waals surface area contributed by atoms with Gasteiger partial charge in [0.25, 0.3) is 11.2 Å². The SMILES string of the molecule is Cc1c(NCn2nnc3cc([N+](=O)[O-])ccc32)c(=O)n(-c2ccccc2)n1C. The first kappa shape index (κ1) is 17.5. The molecule has 0 radical (unpaired) electrons. The van der Waals surface area contributed by atoms with Gasteiger partial charge in [0.1, 0.15) is 17.9 Å². The van der Waals surface area contributed by atoms with Crippen LogP contribution in [0.5, 0.6) is 0 Å². The van der Waals surface area contributed by atoms with E-state index in [4.69, 9.17) is 0 Å². The van der Waals surface area contributed by atoms with Crippen LogP contribution in [0.25, 0.3) is 16.7 Å². The summed E-state index contributed by atoms with van der Waals surface area (Å²) in [6, 6.07) is 13.7. The lowest BCUT2D eigenvalue weighted by Gasteiger charge is -2.07. The van der Waals surface area contributed by atoms with Crippen molar-refractivity contribution in [1.82, 2.24) is 24.4 Å². The Morgan fingerprint density at radius 2 is 1.93 bits per heavy atom. The number of hydrogen-bond donors (Lipinski definition) is 1. The Balaban J connectivity index is 1.65. The van der Waals surface area contributed by atoms with E-state index < -0.39 is 4.92 Å². The number of non-ortho nitro benzene ring substituents is 1. The molecule has 0 bridgehead atoms. The van der Waals surface area contributed by atoms with Gasteiger partial charge in [-0.2, -0.15) is 0 Å². The number of aromatic nitrogens is 5. The largest absolute Gasteiger partial charge is 0.360 e. The molecule has 2 aromatic heterocycles. The molecule has 2 heterocycles. The van der Waals surface area contributed by atoms with Crippen LogP contribution < -0.4 is 10.9 Å². The predicted octanol–water partition coefficient (Wildman–Crippen LogP) is 2.21. The van der Waals surface area contributed by atoms with Gasteiger partial charge in [-0.3, -0.25) is 19.6 Å². The summed E-state index contributed by atoms with van der Waals surface area (Å²) < 4.78 is 4.92. The topological polar surface area (TPSA) is 113 Å². The maximum atomic E-state index is 12.9. The van der Waals surface area contributed by atoms with Gasteiger partial charge in [-0.05, 0) is 25.1 Å². The molecule has 0 aliphatic heterocycles.